The number of amides is 3. The number of benzene rings is 1. The second kappa shape index (κ2) is 8.63. The van der Waals surface area contributed by atoms with E-state index >= 15 is 0 Å². The zero-order chi connectivity index (χ0) is 20.1. The molecule has 2 N–H and O–H groups in total. The summed E-state index contributed by atoms with van der Waals surface area (Å²) in [5, 5.41) is 5.93. The van der Waals surface area contributed by atoms with Crippen LogP contribution in [0.4, 0.5) is 4.79 Å². The van der Waals surface area contributed by atoms with Crippen molar-refractivity contribution in [2.75, 3.05) is 19.7 Å². The Hall–Kier alpha value is -2.57. The van der Waals surface area contributed by atoms with Crippen molar-refractivity contribution >= 4 is 17.9 Å². The van der Waals surface area contributed by atoms with E-state index in [-0.39, 0.29) is 23.9 Å². The van der Waals surface area contributed by atoms with Gasteiger partial charge in [-0.1, -0.05) is 29.8 Å². The molecule has 2 fully saturated rings. The molecular formula is C21H29N3O4. The molecule has 0 radical (unpaired) electrons. The van der Waals surface area contributed by atoms with E-state index in [1.807, 2.05) is 31.2 Å². The molecule has 2 aliphatic rings. The van der Waals surface area contributed by atoms with Crippen molar-refractivity contribution in [3.63, 3.8) is 0 Å². The van der Waals surface area contributed by atoms with E-state index < -0.39 is 5.41 Å². The number of nitrogens with zero attached hydrogens (tertiary/aromatic N) is 1. The summed E-state index contributed by atoms with van der Waals surface area (Å²) in [6.07, 6.45) is 2.21. The number of hydrogen-bond donors (Lipinski definition) is 2. The standard InChI is InChI=1S/C21H29N3O4/c1-3-28-20(27)24-12-8-17(9-13-24)23-19(26)21(10-11-21)18(25)22-14-16-6-4-15(2)5-7-16/h4-7,17H,3,8-14H2,1-2H3,(H,22,25)(H,23,26). The highest BCUT2D eigenvalue weighted by atomic mass is 16.6. The van der Waals surface area contributed by atoms with Gasteiger partial charge in [-0.2, -0.15) is 0 Å². The molecule has 1 saturated heterocycles. The molecule has 1 aromatic rings. The van der Waals surface area contributed by atoms with Crippen molar-refractivity contribution in [3.05, 3.63) is 35.4 Å². The van der Waals surface area contributed by atoms with Gasteiger partial charge < -0.3 is 20.3 Å². The number of hydrogen-bond acceptors (Lipinski definition) is 4. The molecule has 152 valence electrons. The number of nitrogens with one attached hydrogen (secondary N) is 2. The van der Waals surface area contributed by atoms with Gasteiger partial charge in [0.1, 0.15) is 5.41 Å². The highest BCUT2D eigenvalue weighted by Gasteiger charge is 2.56. The quantitative estimate of drug-likeness (QED) is 0.732. The third-order valence-corrected chi connectivity index (χ3v) is 5.55. The average molecular weight is 387 g/mol. The fourth-order valence-electron chi connectivity index (χ4n) is 3.48. The van der Waals surface area contributed by atoms with E-state index in [0.717, 1.165) is 5.56 Å². The van der Waals surface area contributed by atoms with Crippen LogP contribution in [-0.2, 0) is 20.9 Å². The molecular weight excluding hydrogens is 358 g/mol. The summed E-state index contributed by atoms with van der Waals surface area (Å²) in [6.45, 7) is 5.68. The molecule has 1 aliphatic heterocycles. The average Bonchev–Trinajstić information content (AvgIpc) is 3.50. The van der Waals surface area contributed by atoms with E-state index in [4.69, 9.17) is 4.74 Å². The molecule has 1 saturated carbocycles. The maximum atomic E-state index is 12.7. The first-order valence-electron chi connectivity index (χ1n) is 10.0. The summed E-state index contributed by atoms with van der Waals surface area (Å²) < 4.78 is 5.01. The highest BCUT2D eigenvalue weighted by molar-refractivity contribution is 6.07. The molecule has 3 amide bonds. The summed E-state index contributed by atoms with van der Waals surface area (Å²) in [6, 6.07) is 7.95. The van der Waals surface area contributed by atoms with Crippen LogP contribution in [0, 0.1) is 12.3 Å². The zero-order valence-electron chi connectivity index (χ0n) is 16.6. The third-order valence-electron chi connectivity index (χ3n) is 5.55. The third kappa shape index (κ3) is 4.64. The predicted octanol–water partition coefficient (Wildman–Crippen LogP) is 2.13. The van der Waals surface area contributed by atoms with E-state index in [1.165, 1.54) is 5.56 Å². The predicted molar refractivity (Wildman–Crippen MR) is 104 cm³/mol. The molecule has 28 heavy (non-hydrogen) atoms. The van der Waals surface area contributed by atoms with Crippen LogP contribution in [0.5, 0.6) is 0 Å². The van der Waals surface area contributed by atoms with Crippen LogP contribution in [0.2, 0.25) is 0 Å². The lowest BCUT2D eigenvalue weighted by Gasteiger charge is -2.32. The Balaban J connectivity index is 1.46. The number of aryl methyl sites for hydroxylation is 1. The van der Waals surface area contributed by atoms with Crippen molar-refractivity contribution in [1.29, 1.82) is 0 Å². The van der Waals surface area contributed by atoms with Crippen LogP contribution < -0.4 is 10.6 Å². The monoisotopic (exact) mass is 387 g/mol. The van der Waals surface area contributed by atoms with Crippen LogP contribution in [0.25, 0.3) is 0 Å². The summed E-state index contributed by atoms with van der Waals surface area (Å²) in [4.78, 5) is 38.8. The van der Waals surface area contributed by atoms with Crippen LogP contribution in [0.15, 0.2) is 24.3 Å². The normalized spacial score (nSPS) is 18.3. The van der Waals surface area contributed by atoms with Crippen molar-refractivity contribution < 1.29 is 19.1 Å². The first-order valence-corrected chi connectivity index (χ1v) is 10.0. The lowest BCUT2D eigenvalue weighted by atomic mass is 10.0. The van der Waals surface area contributed by atoms with Gasteiger partial charge in [0.2, 0.25) is 11.8 Å². The lowest BCUT2D eigenvalue weighted by molar-refractivity contribution is -0.137. The van der Waals surface area contributed by atoms with Crippen LogP contribution in [0.1, 0.15) is 43.7 Å². The Morgan fingerprint density at radius 2 is 1.75 bits per heavy atom. The molecule has 1 heterocycles. The lowest BCUT2D eigenvalue weighted by Crippen LogP contribution is -2.50. The van der Waals surface area contributed by atoms with Crippen molar-refractivity contribution in [3.8, 4) is 0 Å². The van der Waals surface area contributed by atoms with Crippen molar-refractivity contribution in [2.24, 2.45) is 5.41 Å². The van der Waals surface area contributed by atoms with Gasteiger partial charge in [-0.3, -0.25) is 9.59 Å². The molecule has 0 spiro atoms. The number of carbonyl (C=O) groups is 3. The second-order valence-electron chi connectivity index (χ2n) is 7.68. The van der Waals surface area contributed by atoms with Crippen LogP contribution >= 0.6 is 0 Å². The minimum Gasteiger partial charge on any atom is -0.450 e. The van der Waals surface area contributed by atoms with Crippen LogP contribution in [-0.4, -0.2) is 48.5 Å². The van der Waals surface area contributed by atoms with Gasteiger partial charge in [-0.05, 0) is 45.1 Å². The fourth-order valence-corrected chi connectivity index (χ4v) is 3.48. The SMILES string of the molecule is CCOC(=O)N1CCC(NC(=O)C2(C(=O)NCc3ccc(C)cc3)CC2)CC1. The molecule has 0 atom stereocenters. The van der Waals surface area contributed by atoms with Crippen LogP contribution in [0.3, 0.4) is 0 Å². The smallest absolute Gasteiger partial charge is 0.409 e. The Kier molecular flexibility index (Phi) is 6.21. The highest BCUT2D eigenvalue weighted by Crippen LogP contribution is 2.46. The zero-order valence-corrected chi connectivity index (χ0v) is 16.6. The molecule has 1 aliphatic carbocycles. The Morgan fingerprint density at radius 1 is 1.11 bits per heavy atom. The first kappa shape index (κ1) is 20.2. The van der Waals surface area contributed by atoms with E-state index in [0.29, 0.717) is 51.9 Å². The molecule has 0 aromatic heterocycles. The fraction of sp³-hybridized carbons (Fsp3) is 0.571. The molecule has 0 bridgehead atoms. The van der Waals surface area contributed by atoms with Gasteiger partial charge in [0.15, 0.2) is 0 Å². The van der Waals surface area contributed by atoms with Gasteiger partial charge in [-0.15, -0.1) is 0 Å². The van der Waals surface area contributed by atoms with Gasteiger partial charge >= 0.3 is 6.09 Å². The maximum absolute atomic E-state index is 12.7. The number of likely N-dealkylation sites (tertiary alicyclic amines) is 1. The Morgan fingerprint density at radius 3 is 2.32 bits per heavy atom. The molecule has 0 unspecified atom stereocenters. The van der Waals surface area contributed by atoms with Gasteiger partial charge in [0.25, 0.3) is 0 Å². The number of ether oxygens (including phenoxy) is 1. The second-order valence-corrected chi connectivity index (χ2v) is 7.68. The van der Waals surface area contributed by atoms with Crippen molar-refractivity contribution in [1.82, 2.24) is 15.5 Å². The Labute approximate surface area is 165 Å². The first-order chi connectivity index (χ1) is 13.4. The minimum absolute atomic E-state index is 0.0134. The van der Waals surface area contributed by atoms with E-state index in [1.54, 1.807) is 11.8 Å². The number of carbonyl (C=O) groups excluding carboxylic acids is 3. The topological polar surface area (TPSA) is 87.7 Å². The van der Waals surface area contributed by atoms with Crippen molar-refractivity contribution in [2.45, 2.75) is 52.1 Å². The maximum Gasteiger partial charge on any atom is 0.409 e. The Bertz CT molecular complexity index is 720. The van der Waals surface area contributed by atoms with E-state index in [9.17, 15) is 14.4 Å². The summed E-state index contributed by atoms with van der Waals surface area (Å²) in [5.74, 6) is -0.391. The molecule has 7 heteroatoms. The largest absolute Gasteiger partial charge is 0.450 e. The summed E-state index contributed by atoms with van der Waals surface area (Å²) in [7, 11) is 0. The van der Waals surface area contributed by atoms with Gasteiger partial charge in [-0.25, -0.2) is 4.79 Å². The summed E-state index contributed by atoms with van der Waals surface area (Å²) >= 11 is 0. The number of rotatable bonds is 6. The minimum atomic E-state index is -0.928. The summed E-state index contributed by atoms with van der Waals surface area (Å²) in [5.41, 5.74) is 1.26. The molecule has 3 rings (SSSR count). The number of piperidine rings is 1. The molecule has 1 aromatic carbocycles. The van der Waals surface area contributed by atoms with Gasteiger partial charge in [0, 0.05) is 25.7 Å². The molecule has 7 nitrogen and oxygen atoms in total. The van der Waals surface area contributed by atoms with E-state index in [2.05, 4.69) is 10.6 Å². The van der Waals surface area contributed by atoms with Gasteiger partial charge in [0.05, 0.1) is 6.61 Å².